The molecule has 4 nitrogen and oxygen atoms in total. The first kappa shape index (κ1) is 20.6. The molecule has 2 amide bonds. The Kier molecular flexibility index (Phi) is 4.95. The quantitative estimate of drug-likeness (QED) is 0.421. The number of rotatable bonds is 3. The lowest BCUT2D eigenvalue weighted by atomic mass is 9.92. The van der Waals surface area contributed by atoms with Gasteiger partial charge in [0.25, 0.3) is 11.8 Å². The van der Waals surface area contributed by atoms with Crippen LogP contribution in [0.1, 0.15) is 41.8 Å². The van der Waals surface area contributed by atoms with E-state index < -0.39 is 0 Å². The highest BCUT2D eigenvalue weighted by Crippen LogP contribution is 2.45. The third-order valence-corrected chi connectivity index (χ3v) is 8.10. The normalized spacial score (nSPS) is 14.4. The molecule has 4 rings (SSSR count). The topological polar surface area (TPSA) is 63.4 Å². The second-order valence-electron chi connectivity index (χ2n) is 7.72. The first-order valence-corrected chi connectivity index (χ1v) is 11.4. The van der Waals surface area contributed by atoms with E-state index in [9.17, 15) is 9.59 Å². The zero-order valence-electron chi connectivity index (χ0n) is 18.0. The Bertz CT molecular complexity index is 1170. The van der Waals surface area contributed by atoms with E-state index in [0.717, 1.165) is 41.8 Å². The van der Waals surface area contributed by atoms with E-state index in [1.807, 2.05) is 27.7 Å². The summed E-state index contributed by atoms with van der Waals surface area (Å²) in [7, 11) is 0. The summed E-state index contributed by atoms with van der Waals surface area (Å²) in [5.74, 6) is -0.544. The Morgan fingerprint density at radius 2 is 1.07 bits per heavy atom. The lowest BCUT2D eigenvalue weighted by Crippen LogP contribution is -2.31. The molecule has 0 saturated carbocycles. The molecule has 2 N–H and O–H groups in total. The molecule has 3 heterocycles. The van der Waals surface area contributed by atoms with Gasteiger partial charge in [0.2, 0.25) is 0 Å². The molecule has 0 saturated heterocycles. The number of nitrogen functional groups attached to an aromatic ring is 1. The molecule has 30 heavy (non-hydrogen) atoms. The van der Waals surface area contributed by atoms with Crippen LogP contribution < -0.4 is 10.6 Å². The average Bonchev–Trinajstić information content (AvgIpc) is 3.18. The molecule has 1 aliphatic heterocycles. The van der Waals surface area contributed by atoms with Crippen LogP contribution in [0.5, 0.6) is 0 Å². The highest BCUT2D eigenvalue weighted by atomic mass is 32.1. The molecule has 0 fully saturated rings. The van der Waals surface area contributed by atoms with E-state index in [4.69, 9.17) is 5.73 Å². The Hall–Kier alpha value is -2.70. The van der Waals surface area contributed by atoms with Crippen molar-refractivity contribution >= 4 is 57.0 Å². The highest BCUT2D eigenvalue weighted by molar-refractivity contribution is 7.12. The summed E-state index contributed by atoms with van der Waals surface area (Å²) in [5, 5.41) is 0. The van der Waals surface area contributed by atoms with Gasteiger partial charge in [-0.25, -0.2) is 4.90 Å². The molecule has 1 aliphatic rings. The van der Waals surface area contributed by atoms with Gasteiger partial charge in [-0.15, -0.1) is 22.7 Å². The van der Waals surface area contributed by atoms with Gasteiger partial charge < -0.3 is 5.73 Å². The molecular weight excluding hydrogens is 412 g/mol. The smallest absolute Gasteiger partial charge is 0.266 e. The van der Waals surface area contributed by atoms with Gasteiger partial charge in [0.1, 0.15) is 0 Å². The third kappa shape index (κ3) is 2.94. The van der Waals surface area contributed by atoms with Crippen molar-refractivity contribution in [1.82, 2.24) is 0 Å². The number of nitrogens with zero attached hydrogens (tertiary/aromatic N) is 1. The van der Waals surface area contributed by atoms with Crippen molar-refractivity contribution in [1.29, 1.82) is 0 Å². The first-order chi connectivity index (χ1) is 14.1. The summed E-state index contributed by atoms with van der Waals surface area (Å²) in [6.07, 6.45) is 0. The molecule has 0 unspecified atom stereocenters. The van der Waals surface area contributed by atoms with Crippen molar-refractivity contribution in [2.75, 3.05) is 10.6 Å². The lowest BCUT2D eigenvalue weighted by molar-refractivity contribution is -0.119. The Morgan fingerprint density at radius 3 is 1.40 bits per heavy atom. The number of aryl methyl sites for hydroxylation is 4. The van der Waals surface area contributed by atoms with E-state index in [1.54, 1.807) is 46.9 Å². The van der Waals surface area contributed by atoms with Gasteiger partial charge in [0, 0.05) is 36.3 Å². The van der Waals surface area contributed by atoms with E-state index in [1.165, 1.54) is 4.90 Å². The molecule has 0 spiro atoms. The fourth-order valence-corrected chi connectivity index (χ4v) is 6.32. The number of carbonyl (C=O) groups excluding carboxylic acids is 2. The van der Waals surface area contributed by atoms with Crippen molar-refractivity contribution in [3.63, 3.8) is 0 Å². The fourth-order valence-electron chi connectivity index (χ4n) is 4.17. The summed E-state index contributed by atoms with van der Waals surface area (Å²) in [6.45, 7) is 12.2. The molecule has 0 bridgehead atoms. The van der Waals surface area contributed by atoms with Gasteiger partial charge in [0.05, 0.1) is 16.8 Å². The van der Waals surface area contributed by atoms with Crippen molar-refractivity contribution in [3.05, 3.63) is 66.0 Å². The summed E-state index contributed by atoms with van der Waals surface area (Å²) >= 11 is 3.33. The van der Waals surface area contributed by atoms with Crippen molar-refractivity contribution in [2.24, 2.45) is 0 Å². The Labute approximate surface area is 184 Å². The van der Waals surface area contributed by atoms with Crippen LogP contribution >= 0.6 is 22.7 Å². The largest absolute Gasteiger partial charge is 0.399 e. The monoisotopic (exact) mass is 436 g/mol. The number of nitrogens with two attached hydrogens (primary N) is 1. The first-order valence-electron chi connectivity index (χ1n) is 9.76. The molecular formula is C24H24N2O2S2. The second kappa shape index (κ2) is 7.22. The second-order valence-corrected chi connectivity index (χ2v) is 10.6. The third-order valence-electron chi connectivity index (χ3n) is 5.86. The van der Waals surface area contributed by atoms with Gasteiger partial charge in [-0.05, 0) is 76.9 Å². The highest BCUT2D eigenvalue weighted by Gasteiger charge is 2.43. The number of thiophene rings is 2. The predicted molar refractivity (Wildman–Crippen MR) is 127 cm³/mol. The van der Waals surface area contributed by atoms with E-state index in [2.05, 4.69) is 13.8 Å². The number of hydrogen-bond acceptors (Lipinski definition) is 5. The maximum Gasteiger partial charge on any atom is 0.266 e. The predicted octanol–water partition coefficient (Wildman–Crippen LogP) is 5.73. The van der Waals surface area contributed by atoms with Crippen LogP contribution in [0.2, 0.25) is 0 Å². The summed E-state index contributed by atoms with van der Waals surface area (Å²) < 4.78 is 0. The minimum absolute atomic E-state index is 0.272. The molecule has 2 aromatic heterocycles. The number of hydrogen-bond donors (Lipinski definition) is 1. The number of carbonyl (C=O) groups is 2. The minimum atomic E-state index is -0.272. The minimum Gasteiger partial charge on any atom is -0.399 e. The molecule has 3 aromatic rings. The van der Waals surface area contributed by atoms with Gasteiger partial charge in [-0.2, -0.15) is 0 Å². The van der Waals surface area contributed by atoms with Gasteiger partial charge >= 0.3 is 0 Å². The molecule has 154 valence electrons. The van der Waals surface area contributed by atoms with Crippen molar-refractivity contribution < 1.29 is 9.59 Å². The Balaban J connectivity index is 2.03. The number of imide groups is 1. The summed E-state index contributed by atoms with van der Waals surface area (Å²) in [4.78, 5) is 33.2. The SMILES string of the molecule is Cc1sc(C)c(C2=C(c3c(C)sc(C)c3C)C(=O)N(c3ccc(N)cc3)C2=O)c1C. The number of benzene rings is 1. The van der Waals surface area contributed by atoms with Crippen molar-refractivity contribution in [3.8, 4) is 0 Å². The average molecular weight is 437 g/mol. The standard InChI is InChI=1S/C24H24N2O2S2/c1-11-13(3)29-15(5)19(11)21-22(20-12(2)14(4)30-16(20)6)24(28)26(23(21)27)18-9-7-17(25)8-10-18/h7-10H,25H2,1-6H3. The van der Waals surface area contributed by atoms with Gasteiger partial charge in [0.15, 0.2) is 0 Å². The van der Waals surface area contributed by atoms with E-state index in [-0.39, 0.29) is 11.8 Å². The molecule has 1 aromatic carbocycles. The molecule has 0 radical (unpaired) electrons. The van der Waals surface area contributed by atoms with Crippen LogP contribution in [0.3, 0.4) is 0 Å². The maximum atomic E-state index is 13.8. The van der Waals surface area contributed by atoms with Crippen LogP contribution in [-0.4, -0.2) is 11.8 Å². The molecule has 6 heteroatoms. The maximum absolute atomic E-state index is 13.8. The number of anilines is 2. The summed E-state index contributed by atoms with van der Waals surface area (Å²) in [5.41, 5.74) is 11.9. The van der Waals surface area contributed by atoms with Crippen LogP contribution in [0.25, 0.3) is 11.1 Å². The van der Waals surface area contributed by atoms with E-state index >= 15 is 0 Å². The van der Waals surface area contributed by atoms with Crippen LogP contribution in [0.4, 0.5) is 11.4 Å². The number of amides is 2. The van der Waals surface area contributed by atoms with Gasteiger partial charge in [-0.3, -0.25) is 9.59 Å². The molecule has 0 aliphatic carbocycles. The van der Waals surface area contributed by atoms with E-state index in [0.29, 0.717) is 22.5 Å². The van der Waals surface area contributed by atoms with Crippen molar-refractivity contribution in [2.45, 2.75) is 41.5 Å². The molecule has 0 atom stereocenters. The van der Waals surface area contributed by atoms with Gasteiger partial charge in [-0.1, -0.05) is 0 Å². The lowest BCUT2D eigenvalue weighted by Gasteiger charge is -2.15. The van der Waals surface area contributed by atoms with Crippen LogP contribution in [0.15, 0.2) is 24.3 Å². The Morgan fingerprint density at radius 1 is 0.667 bits per heavy atom. The summed E-state index contributed by atoms with van der Waals surface area (Å²) in [6, 6.07) is 6.87. The zero-order chi connectivity index (χ0) is 21.9. The van der Waals surface area contributed by atoms with Crippen LogP contribution in [-0.2, 0) is 9.59 Å². The zero-order valence-corrected chi connectivity index (χ0v) is 19.6. The fraction of sp³-hybridized carbons (Fsp3) is 0.250. The van der Waals surface area contributed by atoms with Crippen LogP contribution in [0, 0.1) is 41.5 Å².